The van der Waals surface area contributed by atoms with E-state index in [0.29, 0.717) is 12.1 Å². The zero-order chi connectivity index (χ0) is 11.1. The van der Waals surface area contributed by atoms with E-state index in [1.807, 2.05) is 0 Å². The lowest BCUT2D eigenvalue weighted by molar-refractivity contribution is 0.0864. The molecule has 0 saturated heterocycles. The van der Waals surface area contributed by atoms with E-state index < -0.39 is 0 Å². The van der Waals surface area contributed by atoms with Crippen LogP contribution in [-0.2, 0) is 4.74 Å². The molecule has 1 rings (SSSR count). The summed E-state index contributed by atoms with van der Waals surface area (Å²) in [5, 5.41) is 3.44. The highest BCUT2D eigenvalue weighted by molar-refractivity contribution is 4.86. The van der Waals surface area contributed by atoms with Gasteiger partial charge >= 0.3 is 0 Å². The Bertz CT molecular complexity index is 164. The van der Waals surface area contributed by atoms with E-state index in [0.717, 1.165) is 19.8 Å². The van der Waals surface area contributed by atoms with E-state index in [2.05, 4.69) is 31.2 Å². The van der Waals surface area contributed by atoms with E-state index in [1.54, 1.807) is 0 Å². The second-order valence-corrected chi connectivity index (χ2v) is 4.42. The van der Waals surface area contributed by atoms with Crippen molar-refractivity contribution in [3.8, 4) is 0 Å². The van der Waals surface area contributed by atoms with Gasteiger partial charge in [0, 0.05) is 25.2 Å². The minimum Gasteiger partial charge on any atom is -0.380 e. The van der Waals surface area contributed by atoms with Gasteiger partial charge in [-0.25, -0.2) is 0 Å². The second kappa shape index (κ2) is 7.20. The molecule has 0 amide bonds. The van der Waals surface area contributed by atoms with Gasteiger partial charge in [0.15, 0.2) is 0 Å². The highest BCUT2D eigenvalue weighted by atomic mass is 16.5. The van der Waals surface area contributed by atoms with Gasteiger partial charge in [-0.05, 0) is 33.9 Å². The van der Waals surface area contributed by atoms with Crippen LogP contribution >= 0.6 is 0 Å². The van der Waals surface area contributed by atoms with Crippen LogP contribution in [0.2, 0.25) is 0 Å². The average Bonchev–Trinajstić information content (AvgIpc) is 2.29. The van der Waals surface area contributed by atoms with E-state index in [1.165, 1.54) is 25.7 Å². The fraction of sp³-hybridized carbons (Fsp3) is 1.00. The van der Waals surface area contributed by atoms with Crippen LogP contribution in [0.15, 0.2) is 0 Å². The van der Waals surface area contributed by atoms with Crippen molar-refractivity contribution in [1.29, 1.82) is 0 Å². The molecule has 0 aromatic carbocycles. The van der Waals surface area contributed by atoms with Gasteiger partial charge in [-0.3, -0.25) is 4.90 Å². The molecule has 1 aliphatic carbocycles. The Morgan fingerprint density at radius 2 is 2.07 bits per heavy atom. The molecule has 0 aromatic heterocycles. The fourth-order valence-corrected chi connectivity index (χ4v) is 2.49. The molecule has 1 saturated carbocycles. The summed E-state index contributed by atoms with van der Waals surface area (Å²) in [6, 6.07) is 1.37. The molecule has 0 heterocycles. The third kappa shape index (κ3) is 4.09. The summed E-state index contributed by atoms with van der Waals surface area (Å²) < 4.78 is 5.40. The summed E-state index contributed by atoms with van der Waals surface area (Å²) in [6.45, 7) is 4.79. The lowest BCUT2D eigenvalue weighted by Gasteiger charge is -2.37. The monoisotopic (exact) mass is 214 g/mol. The topological polar surface area (TPSA) is 24.5 Å². The zero-order valence-electron chi connectivity index (χ0n) is 10.5. The van der Waals surface area contributed by atoms with Crippen molar-refractivity contribution in [2.45, 2.75) is 44.7 Å². The molecule has 0 spiro atoms. The molecular weight excluding hydrogens is 188 g/mol. The maximum absolute atomic E-state index is 5.40. The largest absolute Gasteiger partial charge is 0.380 e. The van der Waals surface area contributed by atoms with Gasteiger partial charge in [0.05, 0.1) is 6.61 Å². The summed E-state index contributed by atoms with van der Waals surface area (Å²) >= 11 is 0. The van der Waals surface area contributed by atoms with Crippen LogP contribution in [0.1, 0.15) is 32.6 Å². The van der Waals surface area contributed by atoms with Crippen LogP contribution < -0.4 is 5.32 Å². The Balaban J connectivity index is 2.31. The zero-order valence-corrected chi connectivity index (χ0v) is 10.5. The summed E-state index contributed by atoms with van der Waals surface area (Å²) in [5.74, 6) is 0. The third-order valence-electron chi connectivity index (χ3n) is 3.46. The number of nitrogens with zero attached hydrogens (tertiary/aromatic N) is 1. The van der Waals surface area contributed by atoms with Crippen LogP contribution in [0.5, 0.6) is 0 Å². The number of rotatable bonds is 6. The lowest BCUT2D eigenvalue weighted by atomic mass is 9.89. The third-order valence-corrected chi connectivity index (χ3v) is 3.46. The van der Waals surface area contributed by atoms with Crippen LogP contribution in [-0.4, -0.2) is 50.8 Å². The van der Waals surface area contributed by atoms with E-state index in [4.69, 9.17) is 4.74 Å². The maximum atomic E-state index is 5.40. The Morgan fingerprint density at radius 1 is 1.33 bits per heavy atom. The van der Waals surface area contributed by atoms with E-state index in [-0.39, 0.29) is 0 Å². The maximum Gasteiger partial charge on any atom is 0.0593 e. The van der Waals surface area contributed by atoms with Crippen LogP contribution in [0.4, 0.5) is 0 Å². The number of nitrogens with one attached hydrogen (secondary N) is 1. The molecule has 0 bridgehead atoms. The number of hydrogen-bond donors (Lipinski definition) is 1. The average molecular weight is 214 g/mol. The summed E-state index contributed by atoms with van der Waals surface area (Å²) in [5.41, 5.74) is 0. The highest BCUT2D eigenvalue weighted by Crippen LogP contribution is 2.21. The first kappa shape index (κ1) is 12.9. The first-order valence-corrected chi connectivity index (χ1v) is 6.24. The molecular formula is C12H26N2O. The van der Waals surface area contributed by atoms with Gasteiger partial charge in [-0.2, -0.15) is 0 Å². The molecule has 0 aromatic rings. The quantitative estimate of drug-likeness (QED) is 0.678. The molecule has 1 fully saturated rings. The molecule has 3 nitrogen and oxygen atoms in total. The van der Waals surface area contributed by atoms with Gasteiger partial charge < -0.3 is 10.1 Å². The van der Waals surface area contributed by atoms with Crippen molar-refractivity contribution in [3.05, 3.63) is 0 Å². The minimum absolute atomic E-state index is 0.672. The van der Waals surface area contributed by atoms with Gasteiger partial charge in [0.2, 0.25) is 0 Å². The van der Waals surface area contributed by atoms with Gasteiger partial charge in [0.25, 0.3) is 0 Å². The predicted molar refractivity (Wildman–Crippen MR) is 64.2 cm³/mol. The minimum atomic E-state index is 0.672. The van der Waals surface area contributed by atoms with Crippen molar-refractivity contribution < 1.29 is 4.74 Å². The van der Waals surface area contributed by atoms with Crippen molar-refractivity contribution in [3.63, 3.8) is 0 Å². The first-order chi connectivity index (χ1) is 7.29. The second-order valence-electron chi connectivity index (χ2n) is 4.42. The van der Waals surface area contributed by atoms with Crippen molar-refractivity contribution >= 4 is 0 Å². The van der Waals surface area contributed by atoms with Crippen molar-refractivity contribution in [2.75, 3.05) is 33.9 Å². The molecule has 15 heavy (non-hydrogen) atoms. The molecule has 1 aliphatic rings. The molecule has 3 heteroatoms. The molecule has 2 unspecified atom stereocenters. The fourth-order valence-electron chi connectivity index (χ4n) is 2.49. The predicted octanol–water partition coefficient (Wildman–Crippen LogP) is 1.49. The van der Waals surface area contributed by atoms with Crippen molar-refractivity contribution in [1.82, 2.24) is 10.2 Å². The molecule has 0 aliphatic heterocycles. The van der Waals surface area contributed by atoms with Gasteiger partial charge in [-0.15, -0.1) is 0 Å². The van der Waals surface area contributed by atoms with E-state index >= 15 is 0 Å². The van der Waals surface area contributed by atoms with Gasteiger partial charge in [0.1, 0.15) is 0 Å². The van der Waals surface area contributed by atoms with Crippen LogP contribution in [0, 0.1) is 0 Å². The molecule has 1 N–H and O–H groups in total. The van der Waals surface area contributed by atoms with E-state index in [9.17, 15) is 0 Å². The molecule has 90 valence electrons. The number of ether oxygens (including phenoxy) is 1. The smallest absolute Gasteiger partial charge is 0.0593 e. The Kier molecular flexibility index (Phi) is 6.22. The molecule has 2 atom stereocenters. The summed E-state index contributed by atoms with van der Waals surface area (Å²) in [7, 11) is 4.30. The van der Waals surface area contributed by atoms with Crippen LogP contribution in [0.3, 0.4) is 0 Å². The summed E-state index contributed by atoms with van der Waals surface area (Å²) in [4.78, 5) is 2.45. The van der Waals surface area contributed by atoms with Gasteiger partial charge in [-0.1, -0.05) is 12.8 Å². The number of likely N-dealkylation sites (N-methyl/N-ethyl adjacent to an activating group) is 2. The lowest BCUT2D eigenvalue weighted by Crippen LogP contribution is -2.50. The normalized spacial score (nSPS) is 27.2. The Labute approximate surface area is 94.2 Å². The Morgan fingerprint density at radius 3 is 2.73 bits per heavy atom. The van der Waals surface area contributed by atoms with Crippen LogP contribution in [0.25, 0.3) is 0 Å². The number of hydrogen-bond acceptors (Lipinski definition) is 3. The highest BCUT2D eigenvalue weighted by Gasteiger charge is 2.26. The summed E-state index contributed by atoms with van der Waals surface area (Å²) in [6.07, 6.45) is 5.40. The Hall–Kier alpha value is -0.120. The van der Waals surface area contributed by atoms with Crippen molar-refractivity contribution in [2.24, 2.45) is 0 Å². The first-order valence-electron chi connectivity index (χ1n) is 6.24. The standard InChI is InChI=1S/C12H26N2O/c1-4-15-10-9-14(3)12-8-6-5-7-11(12)13-2/h11-13H,4-10H2,1-3H3. The molecule has 0 radical (unpaired) electrons. The SMILES string of the molecule is CCOCCN(C)C1CCCCC1NC.